The number of aromatic amines is 2. The predicted octanol–water partition coefficient (Wildman–Crippen LogP) is 4.86. The van der Waals surface area contributed by atoms with Crippen LogP contribution in [0.5, 0.6) is 5.75 Å². The molecule has 5 nitrogen and oxygen atoms in total. The number of hydrogen-bond donors (Lipinski definition) is 2. The Balaban J connectivity index is 1.60. The summed E-state index contributed by atoms with van der Waals surface area (Å²) in [5.41, 5.74) is 4.26. The van der Waals surface area contributed by atoms with Gasteiger partial charge in [0.25, 0.3) is 0 Å². The van der Waals surface area contributed by atoms with Crippen molar-refractivity contribution in [2.45, 2.75) is 6.61 Å². The van der Waals surface area contributed by atoms with Crippen LogP contribution in [0.2, 0.25) is 5.02 Å². The molecule has 1 heterocycles. The highest BCUT2D eigenvalue weighted by Gasteiger charge is 2.11. The zero-order valence-electron chi connectivity index (χ0n) is 14.7. The number of anilines is 2. The normalized spacial score (nSPS) is 10.9. The van der Waals surface area contributed by atoms with E-state index < -0.39 is 0 Å². The molecule has 27 heavy (non-hydrogen) atoms. The molecule has 0 amide bonds. The fraction of sp³-hybridized carbons (Fsp3) is 0.0952. The Morgan fingerprint density at radius 1 is 0.963 bits per heavy atom. The van der Waals surface area contributed by atoms with Crippen LogP contribution < -0.4 is 15.3 Å². The first kappa shape index (κ1) is 17.2. The molecule has 0 atom stereocenters. The van der Waals surface area contributed by atoms with E-state index >= 15 is 0 Å². The minimum absolute atomic E-state index is 0.212. The van der Waals surface area contributed by atoms with Crippen LogP contribution in [-0.2, 0) is 6.61 Å². The lowest BCUT2D eigenvalue weighted by molar-refractivity contribution is 0.307. The summed E-state index contributed by atoms with van der Waals surface area (Å²) in [6.45, 7) is 0.451. The van der Waals surface area contributed by atoms with E-state index in [1.807, 2.05) is 78.7 Å². The van der Waals surface area contributed by atoms with Crippen molar-refractivity contribution in [3.63, 3.8) is 0 Å². The number of H-pyrrole nitrogens is 2. The summed E-state index contributed by atoms with van der Waals surface area (Å²) in [7, 11) is 1.97. The fourth-order valence-electron chi connectivity index (χ4n) is 2.97. The minimum Gasteiger partial charge on any atom is -0.487 e. The molecular weight excluding hydrogens is 362 g/mol. The summed E-state index contributed by atoms with van der Waals surface area (Å²) in [5, 5.41) is 0.706. The fourth-order valence-corrected chi connectivity index (χ4v) is 3.09. The second kappa shape index (κ2) is 7.21. The molecule has 0 unspecified atom stereocenters. The summed E-state index contributed by atoms with van der Waals surface area (Å²) in [4.78, 5) is 19.1. The highest BCUT2D eigenvalue weighted by molar-refractivity contribution is 6.30. The number of para-hydroxylation sites is 2. The van der Waals surface area contributed by atoms with Gasteiger partial charge in [0.15, 0.2) is 0 Å². The molecule has 0 aliphatic heterocycles. The zero-order valence-corrected chi connectivity index (χ0v) is 15.5. The Kier molecular flexibility index (Phi) is 4.60. The van der Waals surface area contributed by atoms with E-state index in [2.05, 4.69) is 9.97 Å². The van der Waals surface area contributed by atoms with Gasteiger partial charge in [-0.3, -0.25) is 0 Å². The van der Waals surface area contributed by atoms with Gasteiger partial charge in [0.1, 0.15) is 12.4 Å². The van der Waals surface area contributed by atoms with Crippen molar-refractivity contribution in [3.05, 3.63) is 87.8 Å². The van der Waals surface area contributed by atoms with Gasteiger partial charge >= 0.3 is 5.69 Å². The summed E-state index contributed by atoms with van der Waals surface area (Å²) < 4.78 is 6.05. The number of nitrogens with one attached hydrogen (secondary N) is 2. The van der Waals surface area contributed by atoms with Gasteiger partial charge in [-0.1, -0.05) is 35.9 Å². The quantitative estimate of drug-likeness (QED) is 0.520. The van der Waals surface area contributed by atoms with Gasteiger partial charge in [-0.05, 0) is 48.0 Å². The molecule has 136 valence electrons. The minimum atomic E-state index is -0.212. The monoisotopic (exact) mass is 379 g/mol. The topological polar surface area (TPSA) is 61.1 Å². The van der Waals surface area contributed by atoms with Gasteiger partial charge in [-0.25, -0.2) is 4.79 Å². The molecule has 0 bridgehead atoms. The third-order valence-electron chi connectivity index (χ3n) is 4.42. The molecule has 2 N–H and O–H groups in total. The molecule has 0 aliphatic rings. The zero-order chi connectivity index (χ0) is 18.8. The second-order valence-corrected chi connectivity index (χ2v) is 6.69. The van der Waals surface area contributed by atoms with Crippen molar-refractivity contribution in [1.29, 1.82) is 0 Å². The first-order valence-corrected chi connectivity index (χ1v) is 8.90. The lowest BCUT2D eigenvalue weighted by atomic mass is 10.2. The molecule has 0 saturated heterocycles. The van der Waals surface area contributed by atoms with Crippen molar-refractivity contribution in [2.75, 3.05) is 11.9 Å². The highest BCUT2D eigenvalue weighted by atomic mass is 35.5. The lowest BCUT2D eigenvalue weighted by Gasteiger charge is -2.22. The summed E-state index contributed by atoms with van der Waals surface area (Å²) in [6.07, 6.45) is 0. The molecule has 4 aromatic rings. The molecule has 0 aliphatic carbocycles. The Bertz CT molecular complexity index is 1130. The maximum atomic E-state index is 11.5. The second-order valence-electron chi connectivity index (χ2n) is 6.25. The Hall–Kier alpha value is -3.18. The molecule has 0 spiro atoms. The number of ether oxygens (including phenoxy) is 1. The molecule has 1 aromatic heterocycles. The van der Waals surface area contributed by atoms with Gasteiger partial charge < -0.3 is 19.6 Å². The van der Waals surface area contributed by atoms with E-state index in [1.165, 1.54) is 0 Å². The SMILES string of the molecule is CN(c1ccc2[nH]c(=O)[nH]c2c1)c1ccccc1OCc1ccc(Cl)cc1. The number of aromatic nitrogens is 2. The molecule has 3 aromatic carbocycles. The standard InChI is InChI=1S/C21H18ClN3O2/c1-25(16-10-11-17-18(12-16)24-21(26)23-17)19-4-2-3-5-20(19)27-13-14-6-8-15(22)9-7-14/h2-12H,13H2,1H3,(H2,23,24,26). The van der Waals surface area contributed by atoms with Crippen LogP contribution in [0.4, 0.5) is 11.4 Å². The number of fused-ring (bicyclic) bond motifs is 1. The van der Waals surface area contributed by atoms with E-state index in [-0.39, 0.29) is 5.69 Å². The van der Waals surface area contributed by atoms with Crippen molar-refractivity contribution in [2.24, 2.45) is 0 Å². The van der Waals surface area contributed by atoms with E-state index in [0.29, 0.717) is 11.6 Å². The van der Waals surface area contributed by atoms with Crippen molar-refractivity contribution in [3.8, 4) is 5.75 Å². The van der Waals surface area contributed by atoms with Crippen molar-refractivity contribution < 1.29 is 4.74 Å². The third-order valence-corrected chi connectivity index (χ3v) is 4.67. The first-order chi connectivity index (χ1) is 13.1. The van der Waals surface area contributed by atoms with Crippen molar-refractivity contribution in [1.82, 2.24) is 9.97 Å². The predicted molar refractivity (Wildman–Crippen MR) is 109 cm³/mol. The van der Waals surface area contributed by atoms with Crippen LogP contribution in [0, 0.1) is 0 Å². The average molecular weight is 380 g/mol. The number of imidazole rings is 1. The van der Waals surface area contributed by atoms with E-state index in [9.17, 15) is 4.79 Å². The first-order valence-electron chi connectivity index (χ1n) is 8.52. The van der Waals surface area contributed by atoms with Crippen LogP contribution in [0.1, 0.15) is 5.56 Å². The molecular formula is C21H18ClN3O2. The summed E-state index contributed by atoms with van der Waals surface area (Å²) in [6, 6.07) is 21.2. The third kappa shape index (κ3) is 3.68. The van der Waals surface area contributed by atoms with E-state index in [0.717, 1.165) is 33.7 Å². The van der Waals surface area contributed by atoms with Gasteiger partial charge in [0, 0.05) is 17.8 Å². The van der Waals surface area contributed by atoms with E-state index in [1.54, 1.807) is 0 Å². The number of halogens is 1. The van der Waals surface area contributed by atoms with E-state index in [4.69, 9.17) is 16.3 Å². The average Bonchev–Trinajstić information content (AvgIpc) is 3.06. The van der Waals surface area contributed by atoms with Gasteiger partial charge in [0.2, 0.25) is 0 Å². The van der Waals surface area contributed by atoms with Gasteiger partial charge in [-0.15, -0.1) is 0 Å². The summed E-state index contributed by atoms with van der Waals surface area (Å²) >= 11 is 5.93. The molecule has 6 heteroatoms. The maximum absolute atomic E-state index is 11.5. The Labute approximate surface area is 161 Å². The smallest absolute Gasteiger partial charge is 0.323 e. The number of nitrogens with zero attached hydrogens (tertiary/aromatic N) is 1. The van der Waals surface area contributed by atoms with Crippen LogP contribution in [0.15, 0.2) is 71.5 Å². The number of hydrogen-bond acceptors (Lipinski definition) is 3. The van der Waals surface area contributed by atoms with Crippen LogP contribution in [-0.4, -0.2) is 17.0 Å². The molecule has 0 fully saturated rings. The molecule has 0 radical (unpaired) electrons. The van der Waals surface area contributed by atoms with Crippen LogP contribution in [0.25, 0.3) is 11.0 Å². The summed E-state index contributed by atoms with van der Waals surface area (Å²) in [5.74, 6) is 0.776. The number of benzene rings is 3. The molecule has 4 rings (SSSR count). The maximum Gasteiger partial charge on any atom is 0.323 e. The highest BCUT2D eigenvalue weighted by Crippen LogP contribution is 2.33. The Morgan fingerprint density at radius 3 is 2.52 bits per heavy atom. The van der Waals surface area contributed by atoms with Gasteiger partial charge in [0.05, 0.1) is 16.7 Å². The Morgan fingerprint density at radius 2 is 1.70 bits per heavy atom. The van der Waals surface area contributed by atoms with Crippen molar-refractivity contribution >= 4 is 34.0 Å². The van der Waals surface area contributed by atoms with Crippen LogP contribution >= 0.6 is 11.6 Å². The van der Waals surface area contributed by atoms with Gasteiger partial charge in [-0.2, -0.15) is 0 Å². The van der Waals surface area contributed by atoms with Crippen LogP contribution in [0.3, 0.4) is 0 Å². The molecule has 0 saturated carbocycles. The lowest BCUT2D eigenvalue weighted by Crippen LogP contribution is -2.11. The number of rotatable bonds is 5. The largest absolute Gasteiger partial charge is 0.487 e.